The molecule has 0 fully saturated rings. The third-order valence-corrected chi connectivity index (χ3v) is 8.45. The van der Waals surface area contributed by atoms with Gasteiger partial charge in [0.15, 0.2) is 16.3 Å². The van der Waals surface area contributed by atoms with Gasteiger partial charge in [-0.1, -0.05) is 29.5 Å². The van der Waals surface area contributed by atoms with Crippen LogP contribution in [0.4, 0.5) is 0 Å². The topological polar surface area (TPSA) is 93.3 Å². The van der Waals surface area contributed by atoms with Crippen LogP contribution in [0.3, 0.4) is 0 Å². The van der Waals surface area contributed by atoms with Gasteiger partial charge in [-0.25, -0.2) is 9.79 Å². The zero-order valence-corrected chi connectivity index (χ0v) is 25.8. The van der Waals surface area contributed by atoms with Gasteiger partial charge in [-0.05, 0) is 77.4 Å². The van der Waals surface area contributed by atoms with Gasteiger partial charge in [0.25, 0.3) is 5.56 Å². The Morgan fingerprint density at radius 3 is 2.65 bits per heavy atom. The molecule has 43 heavy (non-hydrogen) atoms. The third-order valence-electron chi connectivity index (χ3n) is 7.46. The first-order chi connectivity index (χ1) is 20.7. The first-order valence-corrected chi connectivity index (χ1v) is 15.0. The van der Waals surface area contributed by atoms with Crippen molar-refractivity contribution in [3.05, 3.63) is 102 Å². The van der Waals surface area contributed by atoms with Crippen LogP contribution >= 0.6 is 11.3 Å². The van der Waals surface area contributed by atoms with Gasteiger partial charge in [0.05, 0.1) is 28.5 Å². The molecule has 4 aromatic rings. The van der Waals surface area contributed by atoms with Crippen LogP contribution in [0.1, 0.15) is 56.3 Å². The first kappa shape index (κ1) is 28.5. The van der Waals surface area contributed by atoms with Crippen LogP contribution in [-0.4, -0.2) is 34.6 Å². The van der Waals surface area contributed by atoms with Gasteiger partial charge in [-0.3, -0.25) is 9.36 Å². The van der Waals surface area contributed by atoms with Crippen LogP contribution in [0, 0.1) is 13.8 Å². The fraction of sp³-hybridized carbons (Fsp3) is 0.303. The molecule has 6 rings (SSSR count). The Balaban J connectivity index is 1.51. The van der Waals surface area contributed by atoms with E-state index in [0.717, 1.165) is 28.4 Å². The van der Waals surface area contributed by atoms with E-state index in [0.29, 0.717) is 37.7 Å². The number of aromatic nitrogens is 2. The number of hydrogen-bond acceptors (Lipinski definition) is 8. The van der Waals surface area contributed by atoms with Gasteiger partial charge in [0, 0.05) is 28.7 Å². The van der Waals surface area contributed by atoms with Crippen LogP contribution in [0.25, 0.3) is 11.8 Å². The molecule has 4 heterocycles. The van der Waals surface area contributed by atoms with E-state index in [1.807, 2.05) is 76.2 Å². The number of carbonyl (C=O) groups excluding carboxylic acids is 1. The van der Waals surface area contributed by atoms with E-state index in [-0.39, 0.29) is 25.1 Å². The highest BCUT2D eigenvalue weighted by molar-refractivity contribution is 7.07. The fourth-order valence-corrected chi connectivity index (χ4v) is 6.69. The number of ether oxygens (including phenoxy) is 4. The lowest BCUT2D eigenvalue weighted by molar-refractivity contribution is -0.139. The Morgan fingerprint density at radius 1 is 1.12 bits per heavy atom. The molecule has 2 aliphatic rings. The van der Waals surface area contributed by atoms with Crippen LogP contribution in [0.15, 0.2) is 69.6 Å². The summed E-state index contributed by atoms with van der Waals surface area (Å²) in [5.74, 6) is 1.52. The summed E-state index contributed by atoms with van der Waals surface area (Å²) in [5, 5.41) is 0. The Labute approximate surface area is 252 Å². The van der Waals surface area contributed by atoms with Crippen LogP contribution in [-0.2, 0) is 9.53 Å². The molecule has 0 bridgehead atoms. The highest BCUT2D eigenvalue weighted by Gasteiger charge is 2.35. The zero-order chi connectivity index (χ0) is 30.4. The average Bonchev–Trinajstić information content (AvgIpc) is 3.63. The van der Waals surface area contributed by atoms with Crippen molar-refractivity contribution in [2.45, 2.75) is 53.7 Å². The molecule has 0 amide bonds. The van der Waals surface area contributed by atoms with Crippen molar-refractivity contribution in [2.75, 3.05) is 13.4 Å². The summed E-state index contributed by atoms with van der Waals surface area (Å²) in [7, 11) is 0. The van der Waals surface area contributed by atoms with Gasteiger partial charge in [0.2, 0.25) is 6.79 Å². The van der Waals surface area contributed by atoms with Crippen LogP contribution < -0.4 is 29.1 Å². The minimum atomic E-state index is -0.756. The molecule has 2 aromatic carbocycles. The lowest BCUT2D eigenvalue weighted by Crippen LogP contribution is -2.40. The van der Waals surface area contributed by atoms with E-state index in [1.165, 1.54) is 11.3 Å². The van der Waals surface area contributed by atoms with E-state index in [4.69, 9.17) is 23.9 Å². The molecule has 0 unspecified atom stereocenters. The summed E-state index contributed by atoms with van der Waals surface area (Å²) in [6.07, 6.45) is 1.79. The molecule has 0 aliphatic carbocycles. The molecule has 0 saturated heterocycles. The SMILES string of the molecule is CCOC(=O)C1=C(C)N=c2s/c(=C/c3cc(C)n(-c4ccc5c(c4)OCO5)c3C)c(=O)n2[C@@H]1c1ccccc1OC(C)C. The Morgan fingerprint density at radius 2 is 1.88 bits per heavy atom. The van der Waals surface area contributed by atoms with Gasteiger partial charge in [-0.15, -0.1) is 0 Å². The summed E-state index contributed by atoms with van der Waals surface area (Å²) >= 11 is 1.30. The predicted octanol–water partition coefficient (Wildman–Crippen LogP) is 4.72. The molecule has 0 saturated carbocycles. The van der Waals surface area contributed by atoms with Gasteiger partial charge in [-0.2, -0.15) is 0 Å². The molecule has 0 spiro atoms. The maximum Gasteiger partial charge on any atom is 0.338 e. The Bertz CT molecular complexity index is 1960. The minimum absolute atomic E-state index is 0.104. The van der Waals surface area contributed by atoms with Crippen molar-refractivity contribution >= 4 is 23.4 Å². The summed E-state index contributed by atoms with van der Waals surface area (Å²) in [4.78, 5) is 32.7. The maximum absolute atomic E-state index is 14.2. The molecular formula is C33H33N3O6S. The van der Waals surface area contributed by atoms with Crippen molar-refractivity contribution in [3.8, 4) is 22.9 Å². The number of benzene rings is 2. The summed E-state index contributed by atoms with van der Waals surface area (Å²) < 4.78 is 26.9. The second-order valence-electron chi connectivity index (χ2n) is 10.7. The lowest BCUT2D eigenvalue weighted by atomic mass is 9.95. The van der Waals surface area contributed by atoms with Crippen molar-refractivity contribution < 1.29 is 23.7 Å². The van der Waals surface area contributed by atoms with Crippen molar-refractivity contribution in [1.29, 1.82) is 0 Å². The molecule has 9 nitrogen and oxygen atoms in total. The van der Waals surface area contributed by atoms with Gasteiger partial charge < -0.3 is 23.5 Å². The number of allylic oxidation sites excluding steroid dienone is 1. The van der Waals surface area contributed by atoms with E-state index < -0.39 is 12.0 Å². The quantitative estimate of drug-likeness (QED) is 0.286. The maximum atomic E-state index is 14.2. The highest BCUT2D eigenvalue weighted by atomic mass is 32.1. The van der Waals surface area contributed by atoms with Crippen LogP contribution in [0.2, 0.25) is 0 Å². The van der Waals surface area contributed by atoms with E-state index >= 15 is 0 Å². The minimum Gasteiger partial charge on any atom is -0.491 e. The largest absolute Gasteiger partial charge is 0.491 e. The summed E-state index contributed by atoms with van der Waals surface area (Å²) in [5.41, 5.74) is 5.11. The first-order valence-electron chi connectivity index (χ1n) is 14.2. The number of para-hydroxylation sites is 1. The number of aryl methyl sites for hydroxylation is 1. The number of thiazole rings is 1. The second kappa shape index (κ2) is 11.3. The normalized spacial score (nSPS) is 16.0. The molecule has 10 heteroatoms. The van der Waals surface area contributed by atoms with Crippen molar-refractivity contribution in [2.24, 2.45) is 4.99 Å². The van der Waals surface area contributed by atoms with Crippen LogP contribution in [0.5, 0.6) is 17.2 Å². The highest BCUT2D eigenvalue weighted by Crippen LogP contribution is 2.37. The number of fused-ring (bicyclic) bond motifs is 2. The zero-order valence-electron chi connectivity index (χ0n) is 25.0. The monoisotopic (exact) mass is 599 g/mol. The number of carbonyl (C=O) groups is 1. The molecule has 2 aliphatic heterocycles. The number of hydrogen-bond donors (Lipinski definition) is 0. The van der Waals surface area contributed by atoms with Crippen molar-refractivity contribution in [1.82, 2.24) is 9.13 Å². The molecule has 222 valence electrons. The molecule has 1 atom stereocenters. The Kier molecular flexibility index (Phi) is 7.47. The van der Waals surface area contributed by atoms with Gasteiger partial charge >= 0.3 is 5.97 Å². The van der Waals surface area contributed by atoms with E-state index in [1.54, 1.807) is 18.4 Å². The second-order valence-corrected chi connectivity index (χ2v) is 11.7. The molecular weight excluding hydrogens is 566 g/mol. The van der Waals surface area contributed by atoms with Gasteiger partial charge in [0.1, 0.15) is 11.8 Å². The fourth-order valence-electron chi connectivity index (χ4n) is 5.65. The number of nitrogens with zero attached hydrogens (tertiary/aromatic N) is 3. The third kappa shape index (κ3) is 5.05. The molecule has 0 N–H and O–H groups in total. The summed E-state index contributed by atoms with van der Waals surface area (Å²) in [6.45, 7) is 11.9. The molecule has 2 aromatic heterocycles. The lowest BCUT2D eigenvalue weighted by Gasteiger charge is -2.26. The van der Waals surface area contributed by atoms with E-state index in [2.05, 4.69) is 10.6 Å². The number of rotatable bonds is 7. The molecule has 0 radical (unpaired) electrons. The van der Waals surface area contributed by atoms with Crippen molar-refractivity contribution in [3.63, 3.8) is 0 Å². The standard InChI is InChI=1S/C33H33N3O6S/c1-7-39-32(38)29-20(5)34-33-36(30(29)24-10-8-9-11-25(24)42-18(2)3)31(37)28(43-33)15-22-14-19(4)35(21(22)6)23-12-13-26-27(16-23)41-17-40-26/h8-16,18,30H,7,17H2,1-6H3/b28-15+/t30-/m1/s1. The Hall–Kier alpha value is -4.57. The van der Waals surface area contributed by atoms with E-state index in [9.17, 15) is 9.59 Å². The average molecular weight is 600 g/mol. The smallest absolute Gasteiger partial charge is 0.338 e. The predicted molar refractivity (Wildman–Crippen MR) is 164 cm³/mol. The number of esters is 1. The summed E-state index contributed by atoms with van der Waals surface area (Å²) in [6, 6.07) is 14.6.